The first-order valence-corrected chi connectivity index (χ1v) is 8.58. The molecule has 0 bridgehead atoms. The summed E-state index contributed by atoms with van der Waals surface area (Å²) in [6.07, 6.45) is 1.91. The lowest BCUT2D eigenvalue weighted by molar-refractivity contribution is 0.628. The number of pyridine rings is 1. The molecule has 5 rings (SSSR count). The van der Waals surface area contributed by atoms with Crippen LogP contribution in [-0.2, 0) is 0 Å². The largest absolute Gasteiger partial charge is 0.361 e. The number of fused-ring (bicyclic) bond motifs is 2. The predicted molar refractivity (Wildman–Crippen MR) is 103 cm³/mol. The van der Waals surface area contributed by atoms with Crippen molar-refractivity contribution in [3.05, 3.63) is 83.9 Å². The van der Waals surface area contributed by atoms with Crippen LogP contribution in [0.3, 0.4) is 0 Å². The molecule has 0 spiro atoms. The third kappa shape index (κ3) is 2.38. The van der Waals surface area contributed by atoms with Gasteiger partial charge in [0.15, 0.2) is 0 Å². The van der Waals surface area contributed by atoms with Crippen molar-refractivity contribution >= 4 is 33.5 Å². The van der Waals surface area contributed by atoms with E-state index < -0.39 is 0 Å². The lowest BCUT2D eigenvalue weighted by Gasteiger charge is -2.11. The normalized spacial score (nSPS) is 11.5. The van der Waals surface area contributed by atoms with Crippen molar-refractivity contribution in [3.63, 3.8) is 0 Å². The van der Waals surface area contributed by atoms with Gasteiger partial charge in [0, 0.05) is 28.2 Å². The highest BCUT2D eigenvalue weighted by Gasteiger charge is 2.14. The Morgan fingerprint density at radius 3 is 2.58 bits per heavy atom. The zero-order chi connectivity index (χ0) is 17.7. The van der Waals surface area contributed by atoms with E-state index in [4.69, 9.17) is 11.6 Å². The van der Waals surface area contributed by atoms with E-state index in [1.165, 1.54) is 12.1 Å². The second kappa shape index (κ2) is 5.71. The third-order valence-electron chi connectivity index (χ3n) is 4.55. The fourth-order valence-corrected chi connectivity index (χ4v) is 3.47. The number of nitrogens with one attached hydrogen (secondary N) is 1. The summed E-state index contributed by atoms with van der Waals surface area (Å²) >= 11 is 6.15. The van der Waals surface area contributed by atoms with Crippen molar-refractivity contribution < 1.29 is 4.39 Å². The number of H-pyrrole nitrogens is 1. The number of aromatic amines is 1. The third-order valence-corrected chi connectivity index (χ3v) is 4.76. The van der Waals surface area contributed by atoms with Crippen LogP contribution in [-0.4, -0.2) is 14.5 Å². The lowest BCUT2D eigenvalue weighted by Crippen LogP contribution is -1.98. The maximum absolute atomic E-state index is 13.4. The van der Waals surface area contributed by atoms with Gasteiger partial charge in [0.1, 0.15) is 16.6 Å². The van der Waals surface area contributed by atoms with Crippen molar-refractivity contribution in [1.82, 2.24) is 14.5 Å². The van der Waals surface area contributed by atoms with Crippen LogP contribution in [0.4, 0.5) is 4.39 Å². The standard InChI is InChI=1S/C21H13ClFN3/c22-20-8-3-15-12-19(13-1-4-16(23)5-2-13)26(21(15)25-20)17-6-7-18-14(11-17)9-10-24-18/h1-12,24H. The van der Waals surface area contributed by atoms with Crippen LogP contribution in [0.2, 0.25) is 5.15 Å². The van der Waals surface area contributed by atoms with Gasteiger partial charge in [-0.2, -0.15) is 0 Å². The first-order valence-electron chi connectivity index (χ1n) is 8.20. The van der Waals surface area contributed by atoms with Crippen molar-refractivity contribution in [2.24, 2.45) is 0 Å². The van der Waals surface area contributed by atoms with Crippen LogP contribution in [0.5, 0.6) is 0 Å². The summed E-state index contributed by atoms with van der Waals surface area (Å²) < 4.78 is 15.4. The molecule has 0 fully saturated rings. The molecule has 0 saturated carbocycles. The highest BCUT2D eigenvalue weighted by molar-refractivity contribution is 6.29. The van der Waals surface area contributed by atoms with Gasteiger partial charge < -0.3 is 4.98 Å². The van der Waals surface area contributed by atoms with Gasteiger partial charge in [0.25, 0.3) is 0 Å². The zero-order valence-corrected chi connectivity index (χ0v) is 14.3. The molecule has 126 valence electrons. The lowest BCUT2D eigenvalue weighted by atomic mass is 10.1. The molecule has 3 heterocycles. The fraction of sp³-hybridized carbons (Fsp3) is 0. The minimum atomic E-state index is -0.258. The number of halogens is 2. The van der Waals surface area contributed by atoms with E-state index in [-0.39, 0.29) is 5.82 Å². The van der Waals surface area contributed by atoms with Crippen molar-refractivity contribution in [3.8, 4) is 16.9 Å². The van der Waals surface area contributed by atoms with Crippen LogP contribution >= 0.6 is 11.6 Å². The first kappa shape index (κ1) is 15.2. The van der Waals surface area contributed by atoms with E-state index in [9.17, 15) is 4.39 Å². The van der Waals surface area contributed by atoms with E-state index in [1.54, 1.807) is 18.2 Å². The van der Waals surface area contributed by atoms with Crippen LogP contribution in [0.15, 0.2) is 72.9 Å². The van der Waals surface area contributed by atoms with Gasteiger partial charge in [-0.05, 0) is 72.3 Å². The summed E-state index contributed by atoms with van der Waals surface area (Å²) in [6, 6.07) is 20.5. The SMILES string of the molecule is Fc1ccc(-c2cc3ccc(Cl)nc3n2-c2ccc3[nH]ccc3c2)cc1. The van der Waals surface area contributed by atoms with E-state index >= 15 is 0 Å². The van der Waals surface area contributed by atoms with Crippen LogP contribution < -0.4 is 0 Å². The summed E-state index contributed by atoms with van der Waals surface area (Å²) in [4.78, 5) is 7.73. The van der Waals surface area contributed by atoms with Gasteiger partial charge in [0.2, 0.25) is 0 Å². The van der Waals surface area contributed by atoms with Crippen molar-refractivity contribution in [1.29, 1.82) is 0 Å². The Bertz CT molecular complexity index is 1250. The fourth-order valence-electron chi connectivity index (χ4n) is 3.33. The van der Waals surface area contributed by atoms with Crippen molar-refractivity contribution in [2.45, 2.75) is 0 Å². The summed E-state index contributed by atoms with van der Waals surface area (Å²) in [6.45, 7) is 0. The average molecular weight is 362 g/mol. The number of hydrogen-bond acceptors (Lipinski definition) is 1. The van der Waals surface area contributed by atoms with Gasteiger partial charge in [-0.25, -0.2) is 9.37 Å². The molecule has 1 N–H and O–H groups in total. The minimum Gasteiger partial charge on any atom is -0.361 e. The molecular weight excluding hydrogens is 349 g/mol. The molecular formula is C21H13ClFN3. The molecule has 5 aromatic rings. The van der Waals surface area contributed by atoms with Gasteiger partial charge >= 0.3 is 0 Å². The molecule has 0 radical (unpaired) electrons. The van der Waals surface area contributed by atoms with Crippen molar-refractivity contribution in [2.75, 3.05) is 0 Å². The summed E-state index contributed by atoms with van der Waals surface area (Å²) in [5, 5.41) is 2.52. The van der Waals surface area contributed by atoms with E-state index in [0.717, 1.165) is 38.9 Å². The Hall–Kier alpha value is -3.11. The monoisotopic (exact) mass is 361 g/mol. The zero-order valence-electron chi connectivity index (χ0n) is 13.6. The molecule has 3 aromatic heterocycles. The molecule has 0 aliphatic carbocycles. The van der Waals surface area contributed by atoms with Crippen LogP contribution in [0.25, 0.3) is 38.9 Å². The minimum absolute atomic E-state index is 0.258. The van der Waals surface area contributed by atoms with Gasteiger partial charge in [-0.3, -0.25) is 4.57 Å². The molecule has 3 nitrogen and oxygen atoms in total. The average Bonchev–Trinajstić information content (AvgIpc) is 3.25. The van der Waals surface area contributed by atoms with Gasteiger partial charge in [-0.1, -0.05) is 11.6 Å². The molecule has 0 unspecified atom stereocenters. The first-order chi connectivity index (χ1) is 12.7. The maximum Gasteiger partial charge on any atom is 0.146 e. The molecule has 0 atom stereocenters. The van der Waals surface area contributed by atoms with Crippen LogP contribution in [0, 0.1) is 5.82 Å². The number of aromatic nitrogens is 3. The second-order valence-electron chi connectivity index (χ2n) is 6.17. The predicted octanol–water partition coefficient (Wildman–Crippen LogP) is 5.97. The Balaban J connectivity index is 1.84. The summed E-state index contributed by atoms with van der Waals surface area (Å²) in [5.41, 5.74) is 4.66. The van der Waals surface area contributed by atoms with Crippen LogP contribution in [0.1, 0.15) is 0 Å². The molecule has 0 aliphatic rings. The number of rotatable bonds is 2. The molecule has 5 heteroatoms. The number of benzene rings is 2. The molecule has 0 amide bonds. The second-order valence-corrected chi connectivity index (χ2v) is 6.56. The highest BCUT2D eigenvalue weighted by atomic mass is 35.5. The van der Waals surface area contributed by atoms with E-state index in [0.29, 0.717) is 5.15 Å². The number of nitrogens with zero attached hydrogens (tertiary/aromatic N) is 2. The summed E-state index contributed by atoms with van der Waals surface area (Å²) in [7, 11) is 0. The Morgan fingerprint density at radius 2 is 1.73 bits per heavy atom. The molecule has 0 saturated heterocycles. The highest BCUT2D eigenvalue weighted by Crippen LogP contribution is 2.32. The quantitative estimate of drug-likeness (QED) is 0.386. The van der Waals surface area contributed by atoms with E-state index in [1.807, 2.05) is 36.5 Å². The Kier molecular flexibility index (Phi) is 3.33. The molecule has 0 aliphatic heterocycles. The Morgan fingerprint density at radius 1 is 0.885 bits per heavy atom. The van der Waals surface area contributed by atoms with E-state index in [2.05, 4.69) is 20.6 Å². The Labute approximate surface area is 153 Å². The molecule has 2 aromatic carbocycles. The molecule has 26 heavy (non-hydrogen) atoms. The topological polar surface area (TPSA) is 33.6 Å². The summed E-state index contributed by atoms with van der Waals surface area (Å²) in [5.74, 6) is -0.258. The van der Waals surface area contributed by atoms with Gasteiger partial charge in [-0.15, -0.1) is 0 Å². The number of hydrogen-bond donors (Lipinski definition) is 1. The van der Waals surface area contributed by atoms with Gasteiger partial charge in [0.05, 0.1) is 5.69 Å². The smallest absolute Gasteiger partial charge is 0.146 e. The maximum atomic E-state index is 13.4.